The normalized spacial score (nSPS) is 17.0. The average molecular weight is 616 g/mol. The molecule has 0 atom stereocenters. The first-order valence-corrected chi connectivity index (χ1v) is 16.5. The smallest absolute Gasteiger partial charge is 0.303 e. The van der Waals surface area contributed by atoms with E-state index in [4.69, 9.17) is 17.3 Å². The Balaban J connectivity index is 1.74. The third kappa shape index (κ3) is 8.91. The van der Waals surface area contributed by atoms with Gasteiger partial charge in [-0.05, 0) is 44.9 Å². The van der Waals surface area contributed by atoms with Crippen LogP contribution >= 0.6 is 24.0 Å². The van der Waals surface area contributed by atoms with Crippen LogP contribution in [0.3, 0.4) is 0 Å². The number of rotatable bonds is 16. The number of aromatic nitrogens is 1. The van der Waals surface area contributed by atoms with E-state index in [-0.39, 0.29) is 23.5 Å². The molecular weight excluding hydrogens is 571 g/mol. The second-order valence-corrected chi connectivity index (χ2v) is 12.9. The summed E-state index contributed by atoms with van der Waals surface area (Å²) < 4.78 is 2.29. The molecule has 0 aliphatic carbocycles. The minimum absolute atomic E-state index is 0.114. The Morgan fingerprint density at radius 1 is 1.00 bits per heavy atom. The molecule has 2 saturated heterocycles. The third-order valence-electron chi connectivity index (χ3n) is 8.06. The number of likely N-dealkylation sites (N-methyl/N-ethyl adjacent to an activating group) is 1. The number of thioether (sulfide) groups is 1. The van der Waals surface area contributed by atoms with Crippen LogP contribution in [0.25, 0.3) is 6.08 Å². The number of carbonyl (C=O) groups is 2. The van der Waals surface area contributed by atoms with Gasteiger partial charge >= 0.3 is 5.97 Å². The fourth-order valence-electron chi connectivity index (χ4n) is 5.46. The topological polar surface area (TPSA) is 110 Å². The maximum Gasteiger partial charge on any atom is 0.303 e. The molecule has 2 fully saturated rings. The number of hydrogen-bond donors (Lipinski definition) is 1. The number of carboxylic acid groups (broad SMARTS) is 1. The molecule has 0 spiro atoms. The van der Waals surface area contributed by atoms with Crippen molar-refractivity contribution in [3.63, 3.8) is 0 Å². The van der Waals surface area contributed by atoms with Gasteiger partial charge in [-0.2, -0.15) is 5.26 Å². The lowest BCUT2D eigenvalue weighted by atomic mass is 10.0. The van der Waals surface area contributed by atoms with E-state index in [1.165, 1.54) is 11.8 Å². The number of carbonyl (C=O) groups excluding carboxylic acids is 1. The van der Waals surface area contributed by atoms with Crippen LogP contribution in [0, 0.1) is 18.3 Å². The second-order valence-electron chi connectivity index (χ2n) is 11.3. The van der Waals surface area contributed by atoms with Crippen molar-refractivity contribution in [2.75, 3.05) is 44.7 Å². The summed E-state index contributed by atoms with van der Waals surface area (Å²) in [5, 5.41) is 18.6. The van der Waals surface area contributed by atoms with Gasteiger partial charge in [-0.15, -0.1) is 0 Å². The number of carboxylic acids is 1. The molecule has 0 aromatic carbocycles. The van der Waals surface area contributed by atoms with Gasteiger partial charge in [0.1, 0.15) is 21.8 Å². The van der Waals surface area contributed by atoms with Crippen molar-refractivity contribution < 1.29 is 14.7 Å². The molecule has 9 nitrogen and oxygen atoms in total. The number of hydrogen-bond acceptors (Lipinski definition) is 8. The Kier molecular flexibility index (Phi) is 13.5. The number of aliphatic carboxylic acids is 1. The van der Waals surface area contributed by atoms with Crippen molar-refractivity contribution in [1.82, 2.24) is 14.4 Å². The molecule has 2 aliphatic heterocycles. The lowest BCUT2D eigenvalue weighted by molar-refractivity contribution is -0.137. The molecule has 1 amide bonds. The molecule has 230 valence electrons. The molecule has 1 aromatic heterocycles. The minimum Gasteiger partial charge on any atom is -0.481 e. The predicted molar refractivity (Wildman–Crippen MR) is 174 cm³/mol. The first kappa shape index (κ1) is 33.8. The van der Waals surface area contributed by atoms with E-state index in [1.54, 1.807) is 9.47 Å². The summed E-state index contributed by atoms with van der Waals surface area (Å²) >= 11 is 6.90. The maximum absolute atomic E-state index is 13.5. The van der Waals surface area contributed by atoms with Crippen molar-refractivity contribution in [3.8, 4) is 6.07 Å². The minimum atomic E-state index is -0.728. The Morgan fingerprint density at radius 2 is 1.62 bits per heavy atom. The van der Waals surface area contributed by atoms with E-state index in [0.29, 0.717) is 27.9 Å². The second kappa shape index (κ2) is 16.8. The van der Waals surface area contributed by atoms with Crippen LogP contribution in [0.4, 0.5) is 5.82 Å². The van der Waals surface area contributed by atoms with E-state index >= 15 is 0 Å². The van der Waals surface area contributed by atoms with Gasteiger partial charge in [-0.25, -0.2) is 0 Å². The van der Waals surface area contributed by atoms with Gasteiger partial charge in [0.15, 0.2) is 0 Å². The fraction of sp³-hybridized carbons (Fsp3) is 0.645. The summed E-state index contributed by atoms with van der Waals surface area (Å²) in [4.78, 5) is 44.3. The molecule has 0 saturated carbocycles. The van der Waals surface area contributed by atoms with E-state index in [9.17, 15) is 19.6 Å². The van der Waals surface area contributed by atoms with Gasteiger partial charge in [0, 0.05) is 51.3 Å². The number of thiocarbonyl (C=S) groups is 1. The van der Waals surface area contributed by atoms with Gasteiger partial charge in [-0.1, -0.05) is 75.8 Å². The highest BCUT2D eigenvalue weighted by atomic mass is 32.2. The number of piperazine rings is 1. The highest BCUT2D eigenvalue weighted by molar-refractivity contribution is 8.26. The lowest BCUT2D eigenvalue weighted by Gasteiger charge is -2.36. The molecule has 3 heterocycles. The Hall–Kier alpha value is -2.68. The number of anilines is 1. The van der Waals surface area contributed by atoms with E-state index in [2.05, 4.69) is 29.8 Å². The maximum atomic E-state index is 13.5. The summed E-state index contributed by atoms with van der Waals surface area (Å²) in [6.45, 7) is 8.25. The van der Waals surface area contributed by atoms with Crippen LogP contribution in [-0.4, -0.2) is 75.4 Å². The van der Waals surface area contributed by atoms with Crippen molar-refractivity contribution in [2.24, 2.45) is 0 Å². The summed E-state index contributed by atoms with van der Waals surface area (Å²) in [6.07, 6.45) is 11.8. The Bertz CT molecular complexity index is 1260. The lowest BCUT2D eigenvalue weighted by Crippen LogP contribution is -2.47. The molecule has 42 heavy (non-hydrogen) atoms. The van der Waals surface area contributed by atoms with Gasteiger partial charge < -0.3 is 14.9 Å². The summed E-state index contributed by atoms with van der Waals surface area (Å²) in [5.74, 6) is -0.0442. The zero-order chi connectivity index (χ0) is 30.6. The summed E-state index contributed by atoms with van der Waals surface area (Å²) in [6, 6.07) is 2.13. The van der Waals surface area contributed by atoms with Gasteiger partial charge in [0.05, 0.1) is 4.91 Å². The van der Waals surface area contributed by atoms with Crippen LogP contribution in [-0.2, 0) is 16.1 Å². The quantitative estimate of drug-likeness (QED) is 0.149. The average Bonchev–Trinajstić information content (AvgIpc) is 3.22. The number of pyridine rings is 1. The van der Waals surface area contributed by atoms with Crippen molar-refractivity contribution in [1.29, 1.82) is 5.26 Å². The number of amides is 1. The molecular formula is C31H45N5O4S2. The van der Waals surface area contributed by atoms with Crippen molar-refractivity contribution >= 4 is 52.1 Å². The SMILES string of the molecule is CCCCn1c(N2CCN(C)CC2)c(/C=C2\SC(=S)N(CCCCCCCCCCC(=O)O)C2=O)c(C)c(C#N)c1=O. The zero-order valence-electron chi connectivity index (χ0n) is 25.3. The van der Waals surface area contributed by atoms with Gasteiger partial charge in [0.2, 0.25) is 0 Å². The molecule has 1 aromatic rings. The van der Waals surface area contributed by atoms with E-state index in [0.717, 1.165) is 102 Å². The summed E-state index contributed by atoms with van der Waals surface area (Å²) in [7, 11) is 2.09. The zero-order valence-corrected chi connectivity index (χ0v) is 27.0. The van der Waals surface area contributed by atoms with Crippen LogP contribution in [0.15, 0.2) is 9.70 Å². The number of nitrogens with zero attached hydrogens (tertiary/aromatic N) is 5. The first-order valence-electron chi connectivity index (χ1n) is 15.3. The monoisotopic (exact) mass is 615 g/mol. The fourth-order valence-corrected chi connectivity index (χ4v) is 6.75. The van der Waals surface area contributed by atoms with Crippen LogP contribution in [0.5, 0.6) is 0 Å². The highest BCUT2D eigenvalue weighted by Crippen LogP contribution is 2.36. The standard InChI is InChI=1S/C31H45N5O4S2/c1-4-5-15-35-28(34-19-17-33(3)18-20-34)24(23(2)25(22-32)29(35)39)21-26-30(40)36(31(41)42-26)16-13-11-9-7-6-8-10-12-14-27(37)38/h21H,4-20H2,1-3H3,(H,37,38)/b26-21-. The van der Waals surface area contributed by atoms with Crippen molar-refractivity contribution in [3.05, 3.63) is 31.9 Å². The third-order valence-corrected chi connectivity index (χ3v) is 9.43. The first-order chi connectivity index (χ1) is 20.2. The van der Waals surface area contributed by atoms with Crippen LogP contribution in [0.2, 0.25) is 0 Å². The molecule has 0 bridgehead atoms. The molecule has 0 unspecified atom stereocenters. The Morgan fingerprint density at radius 3 is 2.21 bits per heavy atom. The van der Waals surface area contributed by atoms with Crippen molar-refractivity contribution in [2.45, 2.75) is 91.0 Å². The molecule has 11 heteroatoms. The van der Waals surface area contributed by atoms with Crippen LogP contribution in [0.1, 0.15) is 94.2 Å². The molecule has 1 N–H and O–H groups in total. The Labute approximate surface area is 259 Å². The van der Waals surface area contributed by atoms with E-state index in [1.807, 2.05) is 13.0 Å². The number of nitriles is 1. The molecule has 3 rings (SSSR count). The molecule has 0 radical (unpaired) electrons. The van der Waals surface area contributed by atoms with Crippen LogP contribution < -0.4 is 10.5 Å². The highest BCUT2D eigenvalue weighted by Gasteiger charge is 2.33. The van der Waals surface area contributed by atoms with Gasteiger partial charge in [-0.3, -0.25) is 23.9 Å². The molecule has 2 aliphatic rings. The predicted octanol–water partition coefficient (Wildman–Crippen LogP) is 5.38. The summed E-state index contributed by atoms with van der Waals surface area (Å²) in [5.41, 5.74) is 1.24. The van der Waals surface area contributed by atoms with E-state index < -0.39 is 5.97 Å². The number of unbranched alkanes of at least 4 members (excludes halogenated alkanes) is 8. The largest absolute Gasteiger partial charge is 0.481 e. The van der Waals surface area contributed by atoms with Gasteiger partial charge in [0.25, 0.3) is 11.5 Å².